The van der Waals surface area contributed by atoms with Crippen LogP contribution in [0.3, 0.4) is 0 Å². The lowest BCUT2D eigenvalue weighted by Gasteiger charge is -2.37. The Bertz CT molecular complexity index is 765. The normalized spacial score (nSPS) is 23.1. The van der Waals surface area contributed by atoms with Gasteiger partial charge in [-0.2, -0.15) is 0 Å². The van der Waals surface area contributed by atoms with Gasteiger partial charge in [0.05, 0.1) is 10.3 Å². The molecule has 1 aliphatic carbocycles. The van der Waals surface area contributed by atoms with Crippen molar-refractivity contribution in [1.29, 1.82) is 0 Å². The van der Waals surface area contributed by atoms with Gasteiger partial charge in [-0.1, -0.05) is 31.4 Å². The zero-order chi connectivity index (χ0) is 18.1. The van der Waals surface area contributed by atoms with Crippen molar-refractivity contribution in [3.63, 3.8) is 0 Å². The highest BCUT2D eigenvalue weighted by Gasteiger charge is 2.42. The van der Waals surface area contributed by atoms with Crippen LogP contribution in [0.15, 0.2) is 29.2 Å². The molecular weight excluding hydrogens is 340 g/mol. The number of benzene rings is 1. The van der Waals surface area contributed by atoms with E-state index in [-0.39, 0.29) is 16.7 Å². The summed E-state index contributed by atoms with van der Waals surface area (Å²) in [6, 6.07) is 6.15. The van der Waals surface area contributed by atoms with Gasteiger partial charge in [0.25, 0.3) is 0 Å². The Balaban J connectivity index is 1.90. The number of amides is 2. The highest BCUT2D eigenvalue weighted by Crippen LogP contribution is 2.40. The van der Waals surface area contributed by atoms with Gasteiger partial charge in [-0.05, 0) is 37.0 Å². The molecule has 0 radical (unpaired) electrons. The van der Waals surface area contributed by atoms with Crippen LogP contribution < -0.4 is 10.6 Å². The zero-order valence-corrected chi connectivity index (χ0v) is 15.2. The highest BCUT2D eigenvalue weighted by atomic mass is 32.2. The molecule has 3 rings (SSSR count). The van der Waals surface area contributed by atoms with Crippen LogP contribution in [0.5, 0.6) is 0 Å². The summed E-state index contributed by atoms with van der Waals surface area (Å²) >= 11 is 0. The van der Waals surface area contributed by atoms with Crippen molar-refractivity contribution >= 4 is 21.7 Å². The second-order valence-corrected chi connectivity index (χ2v) is 9.06. The van der Waals surface area contributed by atoms with Crippen LogP contribution in [0.25, 0.3) is 0 Å². The molecule has 1 aromatic rings. The number of carbonyl (C=O) groups excluding carboxylic acids is 2. The van der Waals surface area contributed by atoms with Crippen LogP contribution in [0, 0.1) is 0 Å². The van der Waals surface area contributed by atoms with Gasteiger partial charge in [-0.25, -0.2) is 8.42 Å². The summed E-state index contributed by atoms with van der Waals surface area (Å²) in [5.74, 6) is -0.256. The smallest absolute Gasteiger partial charge is 0.242 e. The molecule has 1 heterocycles. The van der Waals surface area contributed by atoms with Crippen molar-refractivity contribution in [3.8, 4) is 0 Å². The maximum Gasteiger partial charge on any atom is 0.242 e. The lowest BCUT2D eigenvalue weighted by atomic mass is 9.68. The molecule has 1 saturated carbocycles. The molecule has 0 unspecified atom stereocenters. The summed E-state index contributed by atoms with van der Waals surface area (Å²) < 4.78 is 23.4. The quantitative estimate of drug-likeness (QED) is 0.842. The van der Waals surface area contributed by atoms with Gasteiger partial charge in [0.2, 0.25) is 11.8 Å². The predicted molar refractivity (Wildman–Crippen MR) is 93.9 cm³/mol. The fourth-order valence-corrected chi connectivity index (χ4v) is 4.48. The fraction of sp³-hybridized carbons (Fsp3) is 0.556. The standard InChI is InChI=1S/C18H24N2O4S/c1-25(23,24)14-7-5-13(6-8-14)18(10-3-2-4-11-18)17(22)20-15-9-12-19-16(15)21/h5-8,15H,2-4,9-12H2,1H3,(H,19,21)(H,20,22)/t15-/m1/s1. The van der Waals surface area contributed by atoms with E-state index in [1.807, 2.05) is 0 Å². The van der Waals surface area contributed by atoms with E-state index >= 15 is 0 Å². The van der Waals surface area contributed by atoms with Crippen molar-refractivity contribution in [2.24, 2.45) is 0 Å². The predicted octanol–water partition coefficient (Wildman–Crippen LogP) is 1.30. The Morgan fingerprint density at radius 1 is 1.16 bits per heavy atom. The maximum atomic E-state index is 13.1. The highest BCUT2D eigenvalue weighted by molar-refractivity contribution is 7.90. The van der Waals surface area contributed by atoms with Crippen molar-refractivity contribution < 1.29 is 18.0 Å². The second-order valence-electron chi connectivity index (χ2n) is 7.05. The summed E-state index contributed by atoms with van der Waals surface area (Å²) in [7, 11) is -3.27. The van der Waals surface area contributed by atoms with Crippen LogP contribution in [-0.4, -0.2) is 39.1 Å². The maximum absolute atomic E-state index is 13.1. The molecule has 7 heteroatoms. The Morgan fingerprint density at radius 2 is 1.80 bits per heavy atom. The summed E-state index contributed by atoms with van der Waals surface area (Å²) in [6.07, 6.45) is 6.17. The fourth-order valence-electron chi connectivity index (χ4n) is 3.85. The molecule has 1 aromatic carbocycles. The Morgan fingerprint density at radius 3 is 2.32 bits per heavy atom. The van der Waals surface area contributed by atoms with E-state index in [1.165, 1.54) is 6.26 Å². The molecule has 6 nitrogen and oxygen atoms in total. The molecule has 0 bridgehead atoms. The van der Waals surface area contributed by atoms with Crippen LogP contribution >= 0.6 is 0 Å². The molecule has 1 aliphatic heterocycles. The first-order chi connectivity index (χ1) is 11.8. The minimum Gasteiger partial charge on any atom is -0.354 e. The van der Waals surface area contributed by atoms with E-state index in [1.54, 1.807) is 24.3 Å². The average molecular weight is 364 g/mol. The molecule has 0 spiro atoms. The zero-order valence-electron chi connectivity index (χ0n) is 14.4. The number of carbonyl (C=O) groups is 2. The monoisotopic (exact) mass is 364 g/mol. The minimum atomic E-state index is -3.27. The molecule has 1 atom stereocenters. The first kappa shape index (κ1) is 17.9. The van der Waals surface area contributed by atoms with E-state index in [2.05, 4.69) is 10.6 Å². The number of rotatable bonds is 4. The van der Waals surface area contributed by atoms with E-state index in [9.17, 15) is 18.0 Å². The lowest BCUT2D eigenvalue weighted by molar-refractivity contribution is -0.132. The van der Waals surface area contributed by atoms with Crippen molar-refractivity contribution in [1.82, 2.24) is 10.6 Å². The third-order valence-corrected chi connectivity index (χ3v) is 6.46. The molecule has 1 saturated heterocycles. The van der Waals surface area contributed by atoms with Gasteiger partial charge >= 0.3 is 0 Å². The molecule has 25 heavy (non-hydrogen) atoms. The van der Waals surface area contributed by atoms with Crippen molar-refractivity contribution in [3.05, 3.63) is 29.8 Å². The van der Waals surface area contributed by atoms with E-state index in [4.69, 9.17) is 0 Å². The van der Waals surface area contributed by atoms with Crippen LogP contribution in [0.4, 0.5) is 0 Å². The van der Waals surface area contributed by atoms with Crippen LogP contribution in [-0.2, 0) is 24.8 Å². The Kier molecular flexibility index (Phi) is 4.86. The lowest BCUT2D eigenvalue weighted by Crippen LogP contribution is -2.51. The minimum absolute atomic E-state index is 0.124. The third-order valence-electron chi connectivity index (χ3n) is 5.33. The summed E-state index contributed by atoms with van der Waals surface area (Å²) in [6.45, 7) is 0.583. The van der Waals surface area contributed by atoms with Gasteiger partial charge in [-0.3, -0.25) is 9.59 Å². The number of nitrogens with one attached hydrogen (secondary N) is 2. The Labute approximate surface area is 148 Å². The topological polar surface area (TPSA) is 92.3 Å². The van der Waals surface area contributed by atoms with Gasteiger partial charge < -0.3 is 10.6 Å². The second kappa shape index (κ2) is 6.78. The third kappa shape index (κ3) is 3.56. The molecule has 2 aliphatic rings. The average Bonchev–Trinajstić information content (AvgIpc) is 2.99. The number of hydrogen-bond donors (Lipinski definition) is 2. The SMILES string of the molecule is CS(=O)(=O)c1ccc(C2(C(=O)N[C@@H]3CCNC3=O)CCCCC2)cc1. The molecular formula is C18H24N2O4S. The van der Waals surface area contributed by atoms with E-state index in [0.717, 1.165) is 24.8 Å². The summed E-state index contributed by atoms with van der Waals surface area (Å²) in [5.41, 5.74) is 0.146. The molecule has 2 N–H and O–H groups in total. The number of hydrogen-bond acceptors (Lipinski definition) is 4. The molecule has 0 aromatic heterocycles. The molecule has 2 amide bonds. The first-order valence-electron chi connectivity index (χ1n) is 8.72. The van der Waals surface area contributed by atoms with Gasteiger partial charge in [-0.15, -0.1) is 0 Å². The molecule has 2 fully saturated rings. The van der Waals surface area contributed by atoms with Gasteiger partial charge in [0, 0.05) is 12.8 Å². The van der Waals surface area contributed by atoms with E-state index < -0.39 is 21.3 Å². The van der Waals surface area contributed by atoms with Crippen molar-refractivity contribution in [2.45, 2.75) is 54.9 Å². The number of sulfone groups is 1. The Hall–Kier alpha value is -1.89. The first-order valence-corrected chi connectivity index (χ1v) is 10.6. The van der Waals surface area contributed by atoms with E-state index in [0.29, 0.717) is 25.8 Å². The van der Waals surface area contributed by atoms with Gasteiger partial charge in [0.1, 0.15) is 6.04 Å². The van der Waals surface area contributed by atoms with Gasteiger partial charge in [0.15, 0.2) is 9.84 Å². The largest absolute Gasteiger partial charge is 0.354 e. The van der Waals surface area contributed by atoms with Crippen LogP contribution in [0.1, 0.15) is 44.1 Å². The summed E-state index contributed by atoms with van der Waals surface area (Å²) in [5, 5.41) is 5.65. The molecule has 136 valence electrons. The van der Waals surface area contributed by atoms with Crippen molar-refractivity contribution in [2.75, 3.05) is 12.8 Å². The van der Waals surface area contributed by atoms with Crippen LogP contribution in [0.2, 0.25) is 0 Å². The summed E-state index contributed by atoms with van der Waals surface area (Å²) in [4.78, 5) is 25.1.